The Morgan fingerprint density at radius 2 is 1.68 bits per heavy atom. The highest BCUT2D eigenvalue weighted by Crippen LogP contribution is 2.32. The molecule has 0 bridgehead atoms. The largest absolute Gasteiger partial charge is 0.415 e. The summed E-state index contributed by atoms with van der Waals surface area (Å²) in [7, 11) is 0. The zero-order valence-electron chi connectivity index (χ0n) is 16.9. The number of carbonyl (C=O) groups is 1. The van der Waals surface area contributed by atoms with Crippen LogP contribution in [0.4, 0.5) is 27.8 Å². The predicted octanol–water partition coefficient (Wildman–Crippen LogP) is 4.43. The summed E-state index contributed by atoms with van der Waals surface area (Å²) in [4.78, 5) is 22.4. The van der Waals surface area contributed by atoms with E-state index in [4.69, 9.17) is 16.2 Å². The zero-order valence-corrected chi connectivity index (χ0v) is 16.9. The summed E-state index contributed by atoms with van der Waals surface area (Å²) in [5, 5.41) is 8.29. The SMILES string of the molecule is Nc1ccc(N=Nc2ccccc2OC(=O)N2CCC(c3ccncc3)CC2)c(N)n1. The predicted molar refractivity (Wildman–Crippen MR) is 117 cm³/mol. The monoisotopic (exact) mass is 417 g/mol. The van der Waals surface area contributed by atoms with Gasteiger partial charge in [-0.1, -0.05) is 12.1 Å². The van der Waals surface area contributed by atoms with Gasteiger partial charge in [0.2, 0.25) is 0 Å². The second kappa shape index (κ2) is 9.21. The first kappa shape index (κ1) is 20.3. The number of likely N-dealkylation sites (tertiary alicyclic amines) is 1. The average Bonchev–Trinajstić information content (AvgIpc) is 2.80. The lowest BCUT2D eigenvalue weighted by Gasteiger charge is -2.31. The number of hydrogen-bond donors (Lipinski definition) is 2. The van der Waals surface area contributed by atoms with Gasteiger partial charge < -0.3 is 21.1 Å². The van der Waals surface area contributed by atoms with Gasteiger partial charge in [-0.05, 0) is 60.7 Å². The fourth-order valence-corrected chi connectivity index (χ4v) is 3.49. The van der Waals surface area contributed by atoms with Gasteiger partial charge in [-0.3, -0.25) is 4.98 Å². The minimum absolute atomic E-state index is 0.176. The van der Waals surface area contributed by atoms with Gasteiger partial charge in [-0.25, -0.2) is 9.78 Å². The number of ether oxygens (including phenoxy) is 1. The highest BCUT2D eigenvalue weighted by atomic mass is 16.6. The van der Waals surface area contributed by atoms with E-state index in [9.17, 15) is 4.79 Å². The van der Waals surface area contributed by atoms with E-state index in [-0.39, 0.29) is 5.82 Å². The van der Waals surface area contributed by atoms with Crippen molar-refractivity contribution in [3.63, 3.8) is 0 Å². The Kier molecular flexibility index (Phi) is 6.02. The van der Waals surface area contributed by atoms with Crippen LogP contribution in [0.5, 0.6) is 5.75 Å². The zero-order chi connectivity index (χ0) is 21.6. The number of pyridine rings is 2. The van der Waals surface area contributed by atoms with Crippen LogP contribution in [0.2, 0.25) is 0 Å². The summed E-state index contributed by atoms with van der Waals surface area (Å²) in [6, 6.07) is 14.2. The minimum atomic E-state index is -0.399. The third-order valence-electron chi connectivity index (χ3n) is 5.18. The molecule has 1 fully saturated rings. The molecule has 1 aliphatic heterocycles. The molecule has 4 N–H and O–H groups in total. The number of para-hydroxylation sites is 1. The summed E-state index contributed by atoms with van der Waals surface area (Å²) < 4.78 is 5.62. The van der Waals surface area contributed by atoms with Crippen LogP contribution in [-0.4, -0.2) is 34.1 Å². The normalized spacial score (nSPS) is 14.6. The van der Waals surface area contributed by atoms with Crippen LogP contribution >= 0.6 is 0 Å². The van der Waals surface area contributed by atoms with Crippen molar-refractivity contribution in [2.45, 2.75) is 18.8 Å². The molecule has 2 aromatic heterocycles. The topological polar surface area (TPSA) is 132 Å². The van der Waals surface area contributed by atoms with Crippen molar-refractivity contribution in [2.24, 2.45) is 10.2 Å². The number of rotatable bonds is 4. The fourth-order valence-electron chi connectivity index (χ4n) is 3.49. The summed E-state index contributed by atoms with van der Waals surface area (Å²) in [6.07, 6.45) is 4.96. The summed E-state index contributed by atoms with van der Waals surface area (Å²) in [6.45, 7) is 1.26. The number of nitrogens with zero attached hydrogens (tertiary/aromatic N) is 5. The van der Waals surface area contributed by atoms with Crippen molar-refractivity contribution in [1.29, 1.82) is 0 Å². The van der Waals surface area contributed by atoms with Gasteiger partial charge in [0.15, 0.2) is 11.6 Å². The van der Waals surface area contributed by atoms with Crippen LogP contribution in [0, 0.1) is 0 Å². The van der Waals surface area contributed by atoms with Crippen LogP contribution in [0.1, 0.15) is 24.3 Å². The summed E-state index contributed by atoms with van der Waals surface area (Å²) in [5.74, 6) is 1.23. The van der Waals surface area contributed by atoms with Gasteiger partial charge in [0.1, 0.15) is 17.2 Å². The number of piperidine rings is 1. The molecule has 0 saturated carbocycles. The molecule has 0 atom stereocenters. The molecule has 0 unspecified atom stereocenters. The number of carbonyl (C=O) groups excluding carboxylic acids is 1. The molecule has 0 spiro atoms. The molecule has 0 radical (unpaired) electrons. The van der Waals surface area contributed by atoms with Crippen molar-refractivity contribution in [3.05, 3.63) is 66.5 Å². The van der Waals surface area contributed by atoms with Gasteiger partial charge in [0.05, 0.1) is 0 Å². The highest BCUT2D eigenvalue weighted by molar-refractivity contribution is 5.73. The molecule has 9 heteroatoms. The van der Waals surface area contributed by atoms with Gasteiger partial charge in [-0.15, -0.1) is 10.2 Å². The molecule has 4 rings (SSSR count). The second-order valence-electron chi connectivity index (χ2n) is 7.22. The molecule has 1 aromatic carbocycles. The Labute approximate surface area is 179 Å². The first-order valence-electron chi connectivity index (χ1n) is 9.99. The van der Waals surface area contributed by atoms with Crippen LogP contribution in [0.3, 0.4) is 0 Å². The van der Waals surface area contributed by atoms with E-state index < -0.39 is 6.09 Å². The second-order valence-corrected chi connectivity index (χ2v) is 7.22. The Hall–Kier alpha value is -4.01. The standard InChI is InChI=1S/C22H23N7O2/c23-20-6-5-18(21(24)26-20)28-27-17-3-1-2-4-19(17)31-22(30)29-13-9-16(10-14-29)15-7-11-25-12-8-15/h1-8,11-12,16H,9-10,13-14H2,(H4,23,24,26). The van der Waals surface area contributed by atoms with E-state index in [1.807, 2.05) is 12.1 Å². The molecule has 9 nitrogen and oxygen atoms in total. The Balaban J connectivity index is 1.41. The van der Waals surface area contributed by atoms with Gasteiger partial charge in [0, 0.05) is 25.5 Å². The van der Waals surface area contributed by atoms with Crippen molar-refractivity contribution < 1.29 is 9.53 Å². The molecule has 1 saturated heterocycles. The Morgan fingerprint density at radius 3 is 2.42 bits per heavy atom. The Morgan fingerprint density at radius 1 is 0.968 bits per heavy atom. The highest BCUT2D eigenvalue weighted by Gasteiger charge is 2.25. The van der Waals surface area contributed by atoms with Crippen molar-refractivity contribution in [1.82, 2.24) is 14.9 Å². The molecular weight excluding hydrogens is 394 g/mol. The maximum Gasteiger partial charge on any atom is 0.415 e. The van der Waals surface area contributed by atoms with E-state index >= 15 is 0 Å². The van der Waals surface area contributed by atoms with E-state index in [0.29, 0.717) is 41.9 Å². The maximum atomic E-state index is 12.7. The van der Waals surface area contributed by atoms with Crippen molar-refractivity contribution >= 4 is 29.1 Å². The molecular formula is C22H23N7O2. The number of aromatic nitrogens is 2. The number of nitrogen functional groups attached to an aromatic ring is 2. The van der Waals surface area contributed by atoms with Crippen LogP contribution < -0.4 is 16.2 Å². The van der Waals surface area contributed by atoms with Crippen LogP contribution in [0.15, 0.2) is 71.2 Å². The number of nitrogens with two attached hydrogens (primary N) is 2. The molecule has 1 amide bonds. The van der Waals surface area contributed by atoms with Crippen LogP contribution in [0.25, 0.3) is 0 Å². The lowest BCUT2D eigenvalue weighted by molar-refractivity contribution is 0.139. The molecule has 1 aliphatic rings. The number of azo groups is 1. The van der Waals surface area contributed by atoms with Gasteiger partial charge in [0.25, 0.3) is 0 Å². The third-order valence-corrected chi connectivity index (χ3v) is 5.18. The molecule has 158 valence electrons. The lowest BCUT2D eigenvalue weighted by Crippen LogP contribution is -2.39. The number of anilines is 2. The third kappa shape index (κ3) is 4.95. The number of amides is 1. The summed E-state index contributed by atoms with van der Waals surface area (Å²) in [5.41, 5.74) is 13.5. The van der Waals surface area contributed by atoms with Gasteiger partial charge >= 0.3 is 6.09 Å². The Bertz CT molecular complexity index is 1080. The smallest absolute Gasteiger partial charge is 0.408 e. The first-order valence-corrected chi connectivity index (χ1v) is 9.99. The first-order chi connectivity index (χ1) is 15.1. The fraction of sp³-hybridized carbons (Fsp3) is 0.227. The lowest BCUT2D eigenvalue weighted by atomic mass is 9.90. The quantitative estimate of drug-likeness (QED) is 0.603. The van der Waals surface area contributed by atoms with E-state index in [2.05, 4.69) is 20.2 Å². The number of hydrogen-bond acceptors (Lipinski definition) is 8. The molecule has 0 aliphatic carbocycles. The molecule has 3 aromatic rings. The maximum absolute atomic E-state index is 12.7. The van der Waals surface area contributed by atoms with Crippen LogP contribution in [-0.2, 0) is 0 Å². The average molecular weight is 417 g/mol. The summed E-state index contributed by atoms with van der Waals surface area (Å²) >= 11 is 0. The number of benzene rings is 1. The molecule has 3 heterocycles. The van der Waals surface area contributed by atoms with E-state index in [0.717, 1.165) is 12.8 Å². The minimum Gasteiger partial charge on any atom is -0.408 e. The van der Waals surface area contributed by atoms with E-state index in [1.165, 1.54) is 5.56 Å². The van der Waals surface area contributed by atoms with Crippen molar-refractivity contribution in [2.75, 3.05) is 24.6 Å². The van der Waals surface area contributed by atoms with Crippen molar-refractivity contribution in [3.8, 4) is 5.75 Å². The molecule has 31 heavy (non-hydrogen) atoms. The van der Waals surface area contributed by atoms with E-state index in [1.54, 1.807) is 53.7 Å². The van der Waals surface area contributed by atoms with Gasteiger partial charge in [-0.2, -0.15) is 0 Å².